The highest BCUT2D eigenvalue weighted by molar-refractivity contribution is 14.1. The van der Waals surface area contributed by atoms with Crippen LogP contribution in [0.3, 0.4) is 0 Å². The van der Waals surface area contributed by atoms with E-state index in [0.29, 0.717) is 6.61 Å². The van der Waals surface area contributed by atoms with Crippen LogP contribution in [-0.4, -0.2) is 59.6 Å². The second-order valence-electron chi connectivity index (χ2n) is 6.17. The van der Waals surface area contributed by atoms with E-state index in [0.717, 1.165) is 0 Å². The van der Waals surface area contributed by atoms with Crippen LogP contribution < -0.4 is 0 Å². The van der Waals surface area contributed by atoms with Crippen molar-refractivity contribution in [2.75, 3.05) is 13.2 Å². The van der Waals surface area contributed by atoms with Crippen molar-refractivity contribution in [3.63, 3.8) is 0 Å². The minimum absolute atomic E-state index is 0.143. The van der Waals surface area contributed by atoms with E-state index >= 15 is 0 Å². The van der Waals surface area contributed by atoms with Crippen LogP contribution in [0.5, 0.6) is 0 Å². The Hall–Kier alpha value is -0.940. The Labute approximate surface area is 161 Å². The molecule has 0 amide bonds. The molecule has 9 heteroatoms. The van der Waals surface area contributed by atoms with Crippen molar-refractivity contribution in [1.82, 2.24) is 0 Å². The molecule has 1 aliphatic heterocycles. The average Bonchev–Trinajstić information content (AvgIpc) is 2.47. The molecule has 1 fully saturated rings. The smallest absolute Gasteiger partial charge is 0.303 e. The molecule has 144 valence electrons. The van der Waals surface area contributed by atoms with Gasteiger partial charge in [-0.2, -0.15) is 0 Å². The molecule has 8 nitrogen and oxygen atoms in total. The van der Waals surface area contributed by atoms with Gasteiger partial charge >= 0.3 is 17.9 Å². The molecule has 0 spiro atoms. The molecule has 0 bridgehead atoms. The lowest BCUT2D eigenvalue weighted by atomic mass is 10.0. The summed E-state index contributed by atoms with van der Waals surface area (Å²) in [7, 11) is 0. The molecule has 0 saturated carbocycles. The third kappa shape index (κ3) is 7.45. The summed E-state index contributed by atoms with van der Waals surface area (Å²) in [5, 5.41) is 0. The van der Waals surface area contributed by atoms with Gasteiger partial charge in [0.1, 0.15) is 16.6 Å². The van der Waals surface area contributed by atoms with Crippen molar-refractivity contribution >= 4 is 40.5 Å². The summed E-state index contributed by atoms with van der Waals surface area (Å²) in [6.45, 7) is 8.07. The predicted molar refractivity (Wildman–Crippen MR) is 95.0 cm³/mol. The van der Waals surface area contributed by atoms with Gasteiger partial charge in [-0.15, -0.1) is 0 Å². The lowest BCUT2D eigenvalue weighted by Gasteiger charge is -2.43. The molecule has 5 unspecified atom stereocenters. The van der Waals surface area contributed by atoms with Crippen LogP contribution in [0.25, 0.3) is 0 Å². The van der Waals surface area contributed by atoms with Crippen molar-refractivity contribution in [2.24, 2.45) is 5.92 Å². The van der Waals surface area contributed by atoms with Crippen LogP contribution in [0, 0.1) is 5.92 Å². The molecule has 0 aromatic carbocycles. The third-order valence-electron chi connectivity index (χ3n) is 3.22. The molecule has 1 saturated heterocycles. The largest absolute Gasteiger partial charge is 0.463 e. The fraction of sp³-hybridized carbons (Fsp3) is 0.812. The second kappa shape index (κ2) is 10.3. The lowest BCUT2D eigenvalue weighted by molar-refractivity contribution is -0.261. The summed E-state index contributed by atoms with van der Waals surface area (Å²) in [6, 6.07) is 0. The maximum absolute atomic E-state index is 11.5. The first kappa shape index (κ1) is 22.1. The fourth-order valence-electron chi connectivity index (χ4n) is 2.28. The molecule has 0 aromatic heterocycles. The van der Waals surface area contributed by atoms with E-state index in [9.17, 15) is 14.4 Å². The normalized spacial score (nSPS) is 29.2. The summed E-state index contributed by atoms with van der Waals surface area (Å²) in [4.78, 5) is 34.1. The zero-order valence-electron chi connectivity index (χ0n) is 15.0. The summed E-state index contributed by atoms with van der Waals surface area (Å²) in [6.07, 6.45) is -3.19. The van der Waals surface area contributed by atoms with Gasteiger partial charge < -0.3 is 23.7 Å². The van der Waals surface area contributed by atoms with Crippen LogP contribution >= 0.6 is 22.6 Å². The Kier molecular flexibility index (Phi) is 9.08. The van der Waals surface area contributed by atoms with Crippen LogP contribution in [0.15, 0.2) is 0 Å². The van der Waals surface area contributed by atoms with Crippen LogP contribution in [0.1, 0.15) is 34.6 Å². The predicted octanol–water partition coefficient (Wildman–Crippen LogP) is 1.61. The SMILES string of the molecule is CC(=O)OCC1OC(OCC(C)C)C(I)C(OC(C)=O)C1OC(C)=O. The number of ether oxygens (including phenoxy) is 5. The summed E-state index contributed by atoms with van der Waals surface area (Å²) < 4.78 is 26.9. The van der Waals surface area contributed by atoms with Gasteiger partial charge in [0.25, 0.3) is 0 Å². The molecule has 0 aliphatic carbocycles. The minimum Gasteiger partial charge on any atom is -0.463 e. The topological polar surface area (TPSA) is 97.4 Å². The van der Waals surface area contributed by atoms with E-state index in [1.807, 2.05) is 36.4 Å². The number of halogens is 1. The van der Waals surface area contributed by atoms with Gasteiger partial charge in [-0.05, 0) is 5.92 Å². The first-order valence-corrected chi connectivity index (χ1v) is 9.25. The molecule has 0 N–H and O–H groups in total. The first-order chi connectivity index (χ1) is 11.6. The Morgan fingerprint density at radius 2 is 1.56 bits per heavy atom. The summed E-state index contributed by atoms with van der Waals surface area (Å²) in [5.74, 6) is -1.29. The van der Waals surface area contributed by atoms with Crippen molar-refractivity contribution in [1.29, 1.82) is 0 Å². The number of esters is 3. The number of hydrogen-bond acceptors (Lipinski definition) is 8. The number of carbonyl (C=O) groups is 3. The number of hydrogen-bond donors (Lipinski definition) is 0. The van der Waals surface area contributed by atoms with E-state index in [1.54, 1.807) is 0 Å². The van der Waals surface area contributed by atoms with E-state index in [4.69, 9.17) is 23.7 Å². The quantitative estimate of drug-likeness (QED) is 0.239. The Balaban J connectivity index is 3.02. The molecule has 0 aromatic rings. The summed E-state index contributed by atoms with van der Waals surface area (Å²) >= 11 is 2.05. The molecule has 1 heterocycles. The highest BCUT2D eigenvalue weighted by Crippen LogP contribution is 2.32. The molecule has 25 heavy (non-hydrogen) atoms. The highest BCUT2D eigenvalue weighted by Gasteiger charge is 2.49. The van der Waals surface area contributed by atoms with Crippen LogP contribution in [0.2, 0.25) is 0 Å². The summed E-state index contributed by atoms with van der Waals surface area (Å²) in [5.41, 5.74) is 0. The van der Waals surface area contributed by atoms with Crippen molar-refractivity contribution in [2.45, 2.75) is 63.1 Å². The van der Waals surface area contributed by atoms with Crippen molar-refractivity contribution < 1.29 is 38.1 Å². The van der Waals surface area contributed by atoms with Gasteiger partial charge in [-0.1, -0.05) is 36.4 Å². The maximum Gasteiger partial charge on any atom is 0.303 e. The van der Waals surface area contributed by atoms with Gasteiger partial charge in [-0.25, -0.2) is 0 Å². The third-order valence-corrected chi connectivity index (χ3v) is 4.52. The van der Waals surface area contributed by atoms with Crippen molar-refractivity contribution in [3.05, 3.63) is 0 Å². The van der Waals surface area contributed by atoms with Gasteiger partial charge in [0.2, 0.25) is 0 Å². The Bertz CT molecular complexity index is 481. The minimum atomic E-state index is -0.901. The van der Waals surface area contributed by atoms with Gasteiger partial charge in [0, 0.05) is 20.8 Å². The zero-order valence-corrected chi connectivity index (χ0v) is 17.2. The number of alkyl halides is 1. The Morgan fingerprint density at radius 1 is 1.00 bits per heavy atom. The van der Waals surface area contributed by atoms with Crippen LogP contribution in [-0.2, 0) is 38.1 Å². The molecular weight excluding hydrogens is 447 g/mol. The van der Waals surface area contributed by atoms with E-state index < -0.39 is 46.4 Å². The highest BCUT2D eigenvalue weighted by atomic mass is 127. The molecule has 1 aliphatic rings. The lowest BCUT2D eigenvalue weighted by Crippen LogP contribution is -2.60. The average molecular weight is 472 g/mol. The van der Waals surface area contributed by atoms with Crippen LogP contribution in [0.4, 0.5) is 0 Å². The van der Waals surface area contributed by atoms with E-state index in [-0.39, 0.29) is 12.5 Å². The van der Waals surface area contributed by atoms with Gasteiger partial charge in [0.15, 0.2) is 18.5 Å². The molecule has 0 radical (unpaired) electrons. The van der Waals surface area contributed by atoms with E-state index in [2.05, 4.69) is 0 Å². The monoisotopic (exact) mass is 472 g/mol. The fourth-order valence-corrected chi connectivity index (χ4v) is 3.22. The van der Waals surface area contributed by atoms with Gasteiger partial charge in [0.05, 0.1) is 6.61 Å². The zero-order chi connectivity index (χ0) is 19.1. The first-order valence-electron chi connectivity index (χ1n) is 8.00. The Morgan fingerprint density at radius 3 is 2.04 bits per heavy atom. The number of carbonyl (C=O) groups excluding carboxylic acids is 3. The molecule has 1 rings (SSSR count). The number of rotatable bonds is 7. The maximum atomic E-state index is 11.5. The molecular formula is C16H25IO8. The van der Waals surface area contributed by atoms with E-state index in [1.165, 1.54) is 20.8 Å². The molecule has 5 atom stereocenters. The van der Waals surface area contributed by atoms with Crippen molar-refractivity contribution in [3.8, 4) is 0 Å². The van der Waals surface area contributed by atoms with Gasteiger partial charge in [-0.3, -0.25) is 14.4 Å². The standard InChI is InChI=1S/C16H25IO8/c1-8(2)6-22-16-13(17)15(24-11(5)20)14(23-10(4)19)12(25-16)7-21-9(3)18/h8,12-16H,6-7H2,1-5H3. The second-order valence-corrected chi connectivity index (χ2v) is 7.60.